The normalized spacial score (nSPS) is 13.2. The van der Waals surface area contributed by atoms with Crippen molar-refractivity contribution in [3.05, 3.63) is 101 Å². The number of nitrogens with zero attached hydrogens (tertiary/aromatic N) is 3. The van der Waals surface area contributed by atoms with Gasteiger partial charge in [-0.25, -0.2) is 9.97 Å². The number of aromatic nitrogens is 2. The molecule has 0 bridgehead atoms. The quantitative estimate of drug-likeness (QED) is 0.378. The minimum absolute atomic E-state index is 0.265. The molecule has 1 aliphatic heterocycles. The first-order valence-corrected chi connectivity index (χ1v) is 10.9. The average molecular weight is 428 g/mol. The minimum atomic E-state index is 0.265. The van der Waals surface area contributed by atoms with E-state index < -0.39 is 0 Å². The van der Waals surface area contributed by atoms with Gasteiger partial charge in [0.2, 0.25) is 6.79 Å². The maximum absolute atomic E-state index is 5.59. The van der Waals surface area contributed by atoms with E-state index in [-0.39, 0.29) is 6.79 Å². The molecule has 6 heteroatoms. The van der Waals surface area contributed by atoms with Gasteiger partial charge in [-0.1, -0.05) is 66.7 Å². The molecule has 0 amide bonds. The molecule has 0 aliphatic carbocycles. The van der Waals surface area contributed by atoms with Gasteiger partial charge in [0, 0.05) is 11.4 Å². The first kappa shape index (κ1) is 19.3. The number of benzene rings is 2. The van der Waals surface area contributed by atoms with Crippen LogP contribution >= 0.6 is 11.3 Å². The molecule has 0 spiro atoms. The molecule has 3 heterocycles. The molecule has 5 nitrogen and oxygen atoms in total. The van der Waals surface area contributed by atoms with Gasteiger partial charge < -0.3 is 14.4 Å². The Morgan fingerprint density at radius 1 is 0.935 bits per heavy atom. The molecule has 0 saturated carbocycles. The number of thiophene rings is 1. The molecular weight excluding hydrogens is 406 g/mol. The lowest BCUT2D eigenvalue weighted by molar-refractivity contribution is 0.0797. The van der Waals surface area contributed by atoms with Crippen molar-refractivity contribution in [1.29, 1.82) is 0 Å². The van der Waals surface area contributed by atoms with Crippen LogP contribution in [0.1, 0.15) is 16.0 Å². The Morgan fingerprint density at radius 2 is 1.74 bits per heavy atom. The van der Waals surface area contributed by atoms with Crippen LogP contribution in [-0.4, -0.2) is 23.3 Å². The fourth-order valence-corrected chi connectivity index (χ4v) is 4.49. The molecule has 31 heavy (non-hydrogen) atoms. The van der Waals surface area contributed by atoms with Gasteiger partial charge in [0.25, 0.3) is 0 Å². The summed E-state index contributed by atoms with van der Waals surface area (Å²) in [6, 6.07) is 22.8. The number of anilines is 1. The van der Waals surface area contributed by atoms with E-state index in [1.54, 1.807) is 23.9 Å². The summed E-state index contributed by atoms with van der Waals surface area (Å²) in [6.45, 7) is 1.55. The largest absolute Gasteiger partial charge is 0.462 e. The third kappa shape index (κ3) is 4.59. The Kier molecular flexibility index (Phi) is 5.62. The van der Waals surface area contributed by atoms with Crippen LogP contribution in [0.3, 0.4) is 0 Å². The second-order valence-corrected chi connectivity index (χ2v) is 8.24. The van der Waals surface area contributed by atoms with Gasteiger partial charge in [-0.3, -0.25) is 0 Å². The highest BCUT2D eigenvalue weighted by Crippen LogP contribution is 2.33. The zero-order valence-corrected chi connectivity index (χ0v) is 17.7. The second-order valence-electron chi connectivity index (χ2n) is 7.16. The van der Waals surface area contributed by atoms with E-state index in [1.807, 2.05) is 24.3 Å². The molecule has 5 rings (SSSR count). The summed E-state index contributed by atoms with van der Waals surface area (Å²) in [5.41, 5.74) is 3.31. The molecule has 1 aliphatic rings. The number of hydrogen-bond acceptors (Lipinski definition) is 6. The van der Waals surface area contributed by atoms with E-state index in [9.17, 15) is 0 Å². The highest BCUT2D eigenvalue weighted by atomic mass is 32.1. The molecule has 0 unspecified atom stereocenters. The summed E-state index contributed by atoms with van der Waals surface area (Å²) in [7, 11) is 0. The van der Waals surface area contributed by atoms with Crippen molar-refractivity contribution in [1.82, 2.24) is 9.97 Å². The Bertz CT molecular complexity index is 1220. The Morgan fingerprint density at radius 3 is 2.52 bits per heavy atom. The monoisotopic (exact) mass is 427 g/mol. The minimum Gasteiger partial charge on any atom is -0.462 e. The Hall–Kier alpha value is -3.64. The van der Waals surface area contributed by atoms with Crippen LogP contribution in [0.25, 0.3) is 22.4 Å². The van der Waals surface area contributed by atoms with Crippen LogP contribution in [0.15, 0.2) is 85.1 Å². The molecule has 0 atom stereocenters. The van der Waals surface area contributed by atoms with E-state index in [4.69, 9.17) is 9.47 Å². The smallest absolute Gasteiger partial charge is 0.229 e. The van der Waals surface area contributed by atoms with E-state index in [0.29, 0.717) is 13.1 Å². The summed E-state index contributed by atoms with van der Waals surface area (Å²) in [6.07, 6.45) is 7.56. The van der Waals surface area contributed by atoms with Crippen molar-refractivity contribution < 1.29 is 9.47 Å². The van der Waals surface area contributed by atoms with Gasteiger partial charge in [0.15, 0.2) is 11.6 Å². The standard InChI is InChI=1S/C25H21N3O2S/c1-3-7-19(8-4-1)11-12-22-13-23-24(31-22)25(27-17-26-23)28(15-21-16-29-18-30-21)14-20-9-5-2-6-10-20/h1-13,16-17H,14-15,18H2. The number of ether oxygens (including phenoxy) is 2. The van der Waals surface area contributed by atoms with Gasteiger partial charge in [-0.05, 0) is 23.3 Å². The highest BCUT2D eigenvalue weighted by Gasteiger charge is 2.19. The summed E-state index contributed by atoms with van der Waals surface area (Å²) < 4.78 is 11.9. The molecular formula is C25H21N3O2S. The highest BCUT2D eigenvalue weighted by molar-refractivity contribution is 7.20. The number of rotatable bonds is 7. The summed E-state index contributed by atoms with van der Waals surface area (Å²) in [5.74, 6) is 1.69. The Balaban J connectivity index is 1.49. The topological polar surface area (TPSA) is 47.5 Å². The zero-order chi connectivity index (χ0) is 20.9. The van der Waals surface area contributed by atoms with Crippen molar-refractivity contribution in [3.8, 4) is 0 Å². The fourth-order valence-electron chi connectivity index (χ4n) is 3.46. The lowest BCUT2D eigenvalue weighted by Gasteiger charge is -2.24. The zero-order valence-electron chi connectivity index (χ0n) is 16.8. The van der Waals surface area contributed by atoms with Crippen LogP contribution in [0.5, 0.6) is 0 Å². The van der Waals surface area contributed by atoms with Crippen molar-refractivity contribution in [2.75, 3.05) is 18.2 Å². The maximum atomic E-state index is 5.59. The van der Waals surface area contributed by atoms with E-state index in [0.717, 1.165) is 26.7 Å². The van der Waals surface area contributed by atoms with E-state index in [1.165, 1.54) is 11.1 Å². The van der Waals surface area contributed by atoms with Gasteiger partial charge in [-0.15, -0.1) is 11.3 Å². The molecule has 0 fully saturated rings. The summed E-state index contributed by atoms with van der Waals surface area (Å²) in [5, 5.41) is 0. The summed E-state index contributed by atoms with van der Waals surface area (Å²) >= 11 is 1.69. The molecule has 0 N–H and O–H groups in total. The van der Waals surface area contributed by atoms with Gasteiger partial charge in [0.1, 0.15) is 12.6 Å². The first-order valence-electron chi connectivity index (χ1n) is 10.1. The van der Waals surface area contributed by atoms with Crippen molar-refractivity contribution in [2.24, 2.45) is 0 Å². The molecule has 0 radical (unpaired) electrons. The van der Waals surface area contributed by atoms with Crippen LogP contribution in [0.2, 0.25) is 0 Å². The third-order valence-corrected chi connectivity index (χ3v) is 6.03. The fraction of sp³-hybridized carbons (Fsp3) is 0.120. The maximum Gasteiger partial charge on any atom is 0.229 e. The molecule has 2 aromatic carbocycles. The van der Waals surface area contributed by atoms with Crippen molar-refractivity contribution in [3.63, 3.8) is 0 Å². The molecule has 2 aromatic heterocycles. The van der Waals surface area contributed by atoms with Crippen molar-refractivity contribution >= 4 is 39.5 Å². The van der Waals surface area contributed by atoms with Crippen LogP contribution in [0.4, 0.5) is 5.82 Å². The van der Waals surface area contributed by atoms with Gasteiger partial charge in [-0.2, -0.15) is 0 Å². The van der Waals surface area contributed by atoms with Crippen LogP contribution in [-0.2, 0) is 16.0 Å². The van der Waals surface area contributed by atoms with Crippen LogP contribution in [0, 0.1) is 0 Å². The molecule has 154 valence electrons. The third-order valence-electron chi connectivity index (χ3n) is 4.94. The predicted octanol–water partition coefficient (Wildman–Crippen LogP) is 5.71. The Labute approximate surface area is 184 Å². The van der Waals surface area contributed by atoms with Crippen LogP contribution < -0.4 is 4.90 Å². The van der Waals surface area contributed by atoms with Gasteiger partial charge >= 0.3 is 0 Å². The average Bonchev–Trinajstić information content (AvgIpc) is 3.48. The number of fused-ring (bicyclic) bond motifs is 1. The van der Waals surface area contributed by atoms with E-state index >= 15 is 0 Å². The predicted molar refractivity (Wildman–Crippen MR) is 125 cm³/mol. The lowest BCUT2D eigenvalue weighted by atomic mass is 10.2. The SMILES string of the molecule is C(=Cc1cc2ncnc(N(CC3=COCO3)Cc3ccccc3)c2s1)c1ccccc1. The number of hydrogen-bond donors (Lipinski definition) is 0. The second kappa shape index (κ2) is 9.02. The van der Waals surface area contributed by atoms with Gasteiger partial charge in [0.05, 0.1) is 16.8 Å². The first-order chi connectivity index (χ1) is 15.3. The van der Waals surface area contributed by atoms with Crippen molar-refractivity contribution in [2.45, 2.75) is 6.54 Å². The van der Waals surface area contributed by atoms with E-state index in [2.05, 4.69) is 69.5 Å². The molecule has 0 saturated heterocycles. The lowest BCUT2D eigenvalue weighted by Crippen LogP contribution is -2.26. The molecule has 4 aromatic rings. The summed E-state index contributed by atoms with van der Waals surface area (Å²) in [4.78, 5) is 12.5.